The average Bonchev–Trinajstić information content (AvgIpc) is 2.37. The van der Waals surface area contributed by atoms with Gasteiger partial charge in [0.25, 0.3) is 5.69 Å². The number of non-ortho nitro benzene ring substituents is 1. The first kappa shape index (κ1) is 14.1. The minimum absolute atomic E-state index is 0.0388. The number of carbonyl (C=O) groups is 1. The van der Waals surface area contributed by atoms with Gasteiger partial charge in [0.2, 0.25) is 5.91 Å². The lowest BCUT2D eigenvalue weighted by Gasteiger charge is -2.05. The van der Waals surface area contributed by atoms with Crippen molar-refractivity contribution in [2.75, 3.05) is 13.6 Å². The third kappa shape index (κ3) is 4.92. The molecule has 0 heterocycles. The van der Waals surface area contributed by atoms with Gasteiger partial charge in [0.15, 0.2) is 0 Å². The maximum atomic E-state index is 11.4. The second-order valence-corrected chi connectivity index (χ2v) is 3.91. The van der Waals surface area contributed by atoms with E-state index in [0.717, 1.165) is 18.5 Å². The zero-order valence-corrected chi connectivity index (χ0v) is 10.3. The van der Waals surface area contributed by atoms with Crippen LogP contribution in [0.3, 0.4) is 0 Å². The molecule has 0 aliphatic rings. The van der Waals surface area contributed by atoms with Crippen LogP contribution in [0.2, 0.25) is 0 Å². The molecular weight excluding hydrogens is 234 g/mol. The fourth-order valence-corrected chi connectivity index (χ4v) is 1.49. The lowest BCUT2D eigenvalue weighted by atomic mass is 10.2. The number of nitro groups is 1. The summed E-state index contributed by atoms with van der Waals surface area (Å²) in [5.74, 6) is -0.0447. The molecule has 1 aromatic carbocycles. The Hall–Kier alpha value is -1.95. The van der Waals surface area contributed by atoms with Gasteiger partial charge in [0, 0.05) is 25.1 Å². The van der Waals surface area contributed by atoms with Crippen molar-refractivity contribution in [3.05, 3.63) is 39.9 Å². The van der Waals surface area contributed by atoms with Gasteiger partial charge in [-0.3, -0.25) is 14.9 Å². The number of nitro benzene ring substituents is 1. The van der Waals surface area contributed by atoms with Crippen LogP contribution in [0.25, 0.3) is 0 Å². The van der Waals surface area contributed by atoms with E-state index in [1.807, 2.05) is 7.05 Å². The number of rotatable bonds is 7. The van der Waals surface area contributed by atoms with Crippen molar-refractivity contribution in [3.8, 4) is 0 Å². The molecule has 0 bridgehead atoms. The van der Waals surface area contributed by atoms with Gasteiger partial charge in [0.05, 0.1) is 4.92 Å². The highest BCUT2D eigenvalue weighted by atomic mass is 16.6. The summed E-state index contributed by atoms with van der Waals surface area (Å²) in [6, 6.07) is 6.26. The maximum Gasteiger partial charge on any atom is 0.269 e. The Morgan fingerprint density at radius 1 is 1.44 bits per heavy atom. The minimum atomic E-state index is -0.446. The van der Waals surface area contributed by atoms with Crippen LogP contribution >= 0.6 is 0 Å². The summed E-state index contributed by atoms with van der Waals surface area (Å²) >= 11 is 0. The third-order valence-corrected chi connectivity index (χ3v) is 2.44. The zero-order valence-electron chi connectivity index (χ0n) is 10.3. The molecule has 98 valence electrons. The van der Waals surface area contributed by atoms with E-state index in [0.29, 0.717) is 13.0 Å². The van der Waals surface area contributed by atoms with Crippen LogP contribution in [0.5, 0.6) is 0 Å². The van der Waals surface area contributed by atoms with Gasteiger partial charge in [-0.15, -0.1) is 0 Å². The van der Waals surface area contributed by atoms with E-state index < -0.39 is 4.92 Å². The standard InChI is InChI=1S/C12H17N3O3/c1-13-7-3-6-12(16)14-9-10-4-2-5-11(8-10)15(17)18/h2,4-5,8,13H,3,6-7,9H2,1H3,(H,14,16). The highest BCUT2D eigenvalue weighted by molar-refractivity contribution is 5.75. The first-order chi connectivity index (χ1) is 8.63. The molecule has 0 unspecified atom stereocenters. The monoisotopic (exact) mass is 251 g/mol. The molecule has 6 heteroatoms. The molecule has 1 aromatic rings. The smallest absolute Gasteiger partial charge is 0.269 e. The molecule has 1 rings (SSSR count). The van der Waals surface area contributed by atoms with Crippen molar-refractivity contribution >= 4 is 11.6 Å². The number of hydrogen-bond acceptors (Lipinski definition) is 4. The second kappa shape index (κ2) is 7.39. The van der Waals surface area contributed by atoms with Crippen molar-refractivity contribution in [2.45, 2.75) is 19.4 Å². The average molecular weight is 251 g/mol. The molecule has 6 nitrogen and oxygen atoms in total. The van der Waals surface area contributed by atoms with Crippen molar-refractivity contribution < 1.29 is 9.72 Å². The number of nitrogens with zero attached hydrogens (tertiary/aromatic N) is 1. The van der Waals surface area contributed by atoms with E-state index in [2.05, 4.69) is 10.6 Å². The number of amides is 1. The van der Waals surface area contributed by atoms with Crippen LogP contribution in [-0.2, 0) is 11.3 Å². The van der Waals surface area contributed by atoms with Crippen LogP contribution < -0.4 is 10.6 Å². The first-order valence-corrected chi connectivity index (χ1v) is 5.78. The molecule has 0 spiro atoms. The Kier molecular flexibility index (Phi) is 5.79. The van der Waals surface area contributed by atoms with Crippen LogP contribution in [0.4, 0.5) is 5.69 Å². The summed E-state index contributed by atoms with van der Waals surface area (Å²) < 4.78 is 0. The van der Waals surface area contributed by atoms with Gasteiger partial charge in [-0.05, 0) is 25.6 Å². The fourth-order valence-electron chi connectivity index (χ4n) is 1.49. The molecule has 0 saturated heterocycles. The fraction of sp³-hybridized carbons (Fsp3) is 0.417. The van der Waals surface area contributed by atoms with Gasteiger partial charge in [-0.2, -0.15) is 0 Å². The van der Waals surface area contributed by atoms with Crippen molar-refractivity contribution in [3.63, 3.8) is 0 Å². The Morgan fingerprint density at radius 3 is 2.89 bits per heavy atom. The summed E-state index contributed by atoms with van der Waals surface area (Å²) in [6.45, 7) is 1.12. The number of nitrogens with one attached hydrogen (secondary N) is 2. The molecule has 0 saturated carbocycles. The summed E-state index contributed by atoms with van der Waals surface area (Å²) in [5, 5.41) is 16.3. The van der Waals surface area contributed by atoms with E-state index in [9.17, 15) is 14.9 Å². The van der Waals surface area contributed by atoms with Gasteiger partial charge < -0.3 is 10.6 Å². The van der Waals surface area contributed by atoms with E-state index in [1.54, 1.807) is 12.1 Å². The maximum absolute atomic E-state index is 11.4. The minimum Gasteiger partial charge on any atom is -0.352 e. The van der Waals surface area contributed by atoms with E-state index >= 15 is 0 Å². The summed E-state index contributed by atoms with van der Waals surface area (Å²) in [4.78, 5) is 21.6. The van der Waals surface area contributed by atoms with E-state index in [4.69, 9.17) is 0 Å². The molecule has 0 aromatic heterocycles. The predicted octanol–water partition coefficient (Wildman–Crippen LogP) is 1.21. The summed E-state index contributed by atoms with van der Waals surface area (Å²) in [7, 11) is 1.83. The Labute approximate surface area is 106 Å². The normalized spacial score (nSPS) is 10.1. The summed E-state index contributed by atoms with van der Waals surface area (Å²) in [5.41, 5.74) is 0.767. The molecule has 0 aliphatic heterocycles. The topological polar surface area (TPSA) is 84.3 Å². The first-order valence-electron chi connectivity index (χ1n) is 5.78. The largest absolute Gasteiger partial charge is 0.352 e. The molecular formula is C12H17N3O3. The molecule has 18 heavy (non-hydrogen) atoms. The van der Waals surface area contributed by atoms with Crippen LogP contribution in [-0.4, -0.2) is 24.4 Å². The Morgan fingerprint density at radius 2 is 2.22 bits per heavy atom. The van der Waals surface area contributed by atoms with Crippen LogP contribution in [0, 0.1) is 10.1 Å². The quantitative estimate of drug-likeness (QED) is 0.433. The molecule has 0 fully saturated rings. The van der Waals surface area contributed by atoms with Crippen LogP contribution in [0.1, 0.15) is 18.4 Å². The predicted molar refractivity (Wildman–Crippen MR) is 68.1 cm³/mol. The Balaban J connectivity index is 2.41. The summed E-state index contributed by atoms with van der Waals surface area (Å²) in [6.07, 6.45) is 1.23. The van der Waals surface area contributed by atoms with Crippen molar-refractivity contribution in [1.82, 2.24) is 10.6 Å². The van der Waals surface area contributed by atoms with Gasteiger partial charge in [-0.25, -0.2) is 0 Å². The van der Waals surface area contributed by atoms with E-state index in [-0.39, 0.29) is 11.6 Å². The molecule has 2 N–H and O–H groups in total. The Bertz CT molecular complexity index is 421. The molecule has 1 amide bonds. The second-order valence-electron chi connectivity index (χ2n) is 3.91. The zero-order chi connectivity index (χ0) is 13.4. The molecule has 0 aliphatic carbocycles. The van der Waals surface area contributed by atoms with Crippen LogP contribution in [0.15, 0.2) is 24.3 Å². The highest BCUT2D eigenvalue weighted by Gasteiger charge is 2.06. The SMILES string of the molecule is CNCCCC(=O)NCc1cccc([N+](=O)[O-])c1. The van der Waals surface area contributed by atoms with Gasteiger partial charge in [0.1, 0.15) is 0 Å². The lowest BCUT2D eigenvalue weighted by Crippen LogP contribution is -2.23. The third-order valence-electron chi connectivity index (χ3n) is 2.44. The number of carbonyl (C=O) groups excluding carboxylic acids is 1. The number of hydrogen-bond donors (Lipinski definition) is 2. The lowest BCUT2D eigenvalue weighted by molar-refractivity contribution is -0.384. The van der Waals surface area contributed by atoms with E-state index in [1.165, 1.54) is 12.1 Å². The van der Waals surface area contributed by atoms with Gasteiger partial charge >= 0.3 is 0 Å². The van der Waals surface area contributed by atoms with Gasteiger partial charge in [-0.1, -0.05) is 12.1 Å². The highest BCUT2D eigenvalue weighted by Crippen LogP contribution is 2.12. The molecule has 0 atom stereocenters. The van der Waals surface area contributed by atoms with Crippen molar-refractivity contribution in [2.24, 2.45) is 0 Å². The van der Waals surface area contributed by atoms with Crippen molar-refractivity contribution in [1.29, 1.82) is 0 Å². The molecule has 0 radical (unpaired) electrons. The number of benzene rings is 1.